The highest BCUT2D eigenvalue weighted by Gasteiger charge is 2.67. The maximum atomic E-state index is 16.5. The van der Waals surface area contributed by atoms with Crippen LogP contribution in [0.15, 0.2) is 127 Å². The van der Waals surface area contributed by atoms with Gasteiger partial charge in [0.15, 0.2) is 5.60 Å². The van der Waals surface area contributed by atoms with Gasteiger partial charge in [-0.05, 0) is 184 Å². The van der Waals surface area contributed by atoms with Gasteiger partial charge in [0.05, 0.1) is 89.3 Å². The summed E-state index contributed by atoms with van der Waals surface area (Å²) >= 11 is 0. The van der Waals surface area contributed by atoms with E-state index in [1.54, 1.807) is 26.7 Å². The van der Waals surface area contributed by atoms with Gasteiger partial charge >= 0.3 is 0 Å². The van der Waals surface area contributed by atoms with E-state index >= 15 is 14.4 Å². The van der Waals surface area contributed by atoms with Crippen LogP contribution in [-0.4, -0.2) is 129 Å². The number of benzene rings is 6. The lowest BCUT2D eigenvalue weighted by Gasteiger charge is -2.39. The van der Waals surface area contributed by atoms with Crippen molar-refractivity contribution in [2.45, 2.75) is 134 Å². The highest BCUT2D eigenvalue weighted by atomic mass is 28.3. The van der Waals surface area contributed by atoms with Crippen LogP contribution in [-0.2, 0) is 61.9 Å². The van der Waals surface area contributed by atoms with Gasteiger partial charge in [0, 0.05) is 42.6 Å². The number of unbranched alkanes of at least 4 members (excludes halogenated alkanes) is 2. The molecule has 0 radical (unpaired) electrons. The largest absolute Gasteiger partial charge is 0.497 e. The fourth-order valence-corrected chi connectivity index (χ4v) is 18.5. The van der Waals surface area contributed by atoms with E-state index in [2.05, 4.69) is 48.9 Å². The van der Waals surface area contributed by atoms with Crippen LogP contribution >= 0.6 is 0 Å². The molecule has 4 amide bonds. The molecule has 464 valence electrons. The van der Waals surface area contributed by atoms with Gasteiger partial charge in [-0.3, -0.25) is 29.0 Å². The molecule has 5 aliphatic heterocycles. The molecule has 5 aliphatic rings. The maximum Gasteiger partial charge on any atom is 0.264 e. The van der Waals surface area contributed by atoms with Crippen LogP contribution in [0.5, 0.6) is 17.2 Å². The van der Waals surface area contributed by atoms with Crippen LogP contribution in [0.2, 0.25) is 18.6 Å². The molecule has 0 saturated carbocycles. The van der Waals surface area contributed by atoms with Crippen molar-refractivity contribution in [3.8, 4) is 17.2 Å². The predicted molar refractivity (Wildman–Crippen MR) is 343 cm³/mol. The number of methoxy groups -OCH3 is 1. The van der Waals surface area contributed by atoms with Crippen molar-refractivity contribution in [3.05, 3.63) is 161 Å². The van der Waals surface area contributed by atoms with Crippen molar-refractivity contribution in [1.29, 1.82) is 0 Å². The Labute approximate surface area is 517 Å². The molecular formula is C70H84N6O11Si. The molecule has 0 aliphatic carbocycles. The highest BCUT2D eigenvalue weighted by molar-refractivity contribution is 6.91. The number of anilines is 5. The summed E-state index contributed by atoms with van der Waals surface area (Å²) in [7, 11) is -1.16. The molecule has 1 spiro atoms. The summed E-state index contributed by atoms with van der Waals surface area (Å²) in [6.07, 6.45) is 3.23. The number of aliphatic hydroxyl groups excluding tert-OH is 3. The Bertz CT molecular complexity index is 3510. The van der Waals surface area contributed by atoms with Gasteiger partial charge in [-0.25, -0.2) is 0 Å². The Morgan fingerprint density at radius 1 is 0.659 bits per heavy atom. The summed E-state index contributed by atoms with van der Waals surface area (Å²) in [5.41, 5.74) is 6.70. The Morgan fingerprint density at radius 2 is 1.22 bits per heavy atom. The van der Waals surface area contributed by atoms with Gasteiger partial charge in [0.1, 0.15) is 17.2 Å². The van der Waals surface area contributed by atoms with E-state index in [0.717, 1.165) is 50.9 Å². The van der Waals surface area contributed by atoms with E-state index in [9.17, 15) is 20.1 Å². The lowest BCUT2D eigenvalue weighted by atomic mass is 9.82. The van der Waals surface area contributed by atoms with Gasteiger partial charge in [0.2, 0.25) is 17.7 Å². The zero-order valence-electron chi connectivity index (χ0n) is 51.5. The number of rotatable bonds is 24. The minimum atomic E-state index is -2.80. The highest BCUT2D eigenvalue weighted by Crippen LogP contribution is 2.61. The third-order valence-electron chi connectivity index (χ3n) is 18.9. The van der Waals surface area contributed by atoms with E-state index in [4.69, 9.17) is 18.9 Å². The van der Waals surface area contributed by atoms with Gasteiger partial charge in [-0.2, -0.15) is 0 Å². The number of hydrogen-bond donors (Lipinski definition) is 5. The summed E-state index contributed by atoms with van der Waals surface area (Å²) in [6, 6.07) is 39.7. The molecule has 5 heterocycles. The lowest BCUT2D eigenvalue weighted by molar-refractivity contribution is -0.151. The second-order valence-electron chi connectivity index (χ2n) is 24.5. The minimum absolute atomic E-state index is 0.0418. The molecule has 0 bridgehead atoms. The fraction of sp³-hybridized carbons (Fsp3) is 0.429. The number of fused-ring (bicyclic) bond motifs is 5. The van der Waals surface area contributed by atoms with Crippen LogP contribution in [0.4, 0.5) is 28.4 Å². The SMILES string of the molecule is CCOc1ccc2c(c1)CC(NCCCCO)C(=O)N2c1ccc(CN2C(=O)[C@@]3(O[C@@H](CC(=O)N4Cc5ccccc5C[C@H]4CO)[C@H]([Si](C)(C)c4ccc(OC)cc4)[C@H]3C)c3cc(N4C(=O)C(NCCCCO)Cc5cc(OCC)ccc54)ccc32)cc1. The van der Waals surface area contributed by atoms with Crippen LogP contribution in [0.1, 0.15) is 86.3 Å². The number of carbonyl (C=O) groups is 4. The second-order valence-corrected chi connectivity index (χ2v) is 29.2. The smallest absolute Gasteiger partial charge is 0.264 e. The summed E-state index contributed by atoms with van der Waals surface area (Å²) in [5.74, 6) is 0.884. The maximum absolute atomic E-state index is 16.5. The van der Waals surface area contributed by atoms with Crippen LogP contribution in [0, 0.1) is 5.92 Å². The normalized spacial score (nSPS) is 22.2. The molecule has 88 heavy (non-hydrogen) atoms. The number of ether oxygens (including phenoxy) is 4. The van der Waals surface area contributed by atoms with E-state index in [-0.39, 0.29) is 62.0 Å². The number of carbonyl (C=O) groups excluding carboxylic acids is 4. The Balaban J connectivity index is 1.01. The van der Waals surface area contributed by atoms with Crippen molar-refractivity contribution in [2.75, 3.05) is 67.9 Å². The van der Waals surface area contributed by atoms with Crippen LogP contribution in [0.3, 0.4) is 0 Å². The predicted octanol–water partition coefficient (Wildman–Crippen LogP) is 8.49. The van der Waals surface area contributed by atoms with E-state index in [1.165, 1.54) is 0 Å². The van der Waals surface area contributed by atoms with Gasteiger partial charge in [0.25, 0.3) is 5.91 Å². The third kappa shape index (κ3) is 11.9. The molecule has 18 heteroatoms. The first-order valence-corrected chi connectivity index (χ1v) is 34.5. The molecule has 6 aromatic carbocycles. The summed E-state index contributed by atoms with van der Waals surface area (Å²) in [6.45, 7) is 13.0. The van der Waals surface area contributed by atoms with Crippen molar-refractivity contribution in [2.24, 2.45) is 5.92 Å². The summed E-state index contributed by atoms with van der Waals surface area (Å²) in [4.78, 5) is 68.6. The van der Waals surface area contributed by atoms with Crippen molar-refractivity contribution >= 4 is 65.3 Å². The molecule has 11 rings (SSSR count). The Hall–Kier alpha value is -7.42. The molecular weight excluding hydrogens is 1130 g/mol. The van der Waals surface area contributed by atoms with Crippen molar-refractivity contribution in [1.82, 2.24) is 15.5 Å². The molecule has 5 N–H and O–H groups in total. The van der Waals surface area contributed by atoms with Crippen molar-refractivity contribution < 1.29 is 53.4 Å². The average Bonchev–Trinajstić information content (AvgIpc) is 1.53. The van der Waals surface area contributed by atoms with Gasteiger partial charge in [-0.15, -0.1) is 0 Å². The zero-order valence-corrected chi connectivity index (χ0v) is 52.5. The van der Waals surface area contributed by atoms with Crippen molar-refractivity contribution in [3.63, 3.8) is 0 Å². The summed E-state index contributed by atoms with van der Waals surface area (Å²) < 4.78 is 25.2. The summed E-state index contributed by atoms with van der Waals surface area (Å²) in [5, 5.41) is 38.0. The monoisotopic (exact) mass is 1210 g/mol. The quantitative estimate of drug-likeness (QED) is 0.0286. The number of nitrogens with zero attached hydrogens (tertiary/aromatic N) is 4. The van der Waals surface area contributed by atoms with Gasteiger partial charge < -0.3 is 54.7 Å². The number of amides is 4. The molecule has 2 unspecified atom stereocenters. The second kappa shape index (κ2) is 26.7. The van der Waals surface area contributed by atoms with E-state index < -0.39 is 43.8 Å². The molecule has 7 atom stereocenters. The molecule has 6 aromatic rings. The molecule has 17 nitrogen and oxygen atoms in total. The fourth-order valence-electron chi connectivity index (χ4n) is 14.5. The molecule has 0 aromatic heterocycles. The first-order chi connectivity index (χ1) is 42.7. The Morgan fingerprint density at radius 3 is 1.78 bits per heavy atom. The van der Waals surface area contributed by atoms with E-state index in [1.807, 2.05) is 123 Å². The number of aliphatic hydroxyl groups is 3. The standard InChI is InChI=1S/C70H84N6O11Si/c1-7-85-55-24-29-61-49(36-55)38-59(71-31-11-13-33-77)67(81)75(61)51-19-17-46(18-20-51)42-74-63-28-21-52(76-62-30-25-56(86-8-2)37-50(62)39-60(68(76)82)72-32-12-14-34-78)40-58(63)70(69(74)83)45(3)66(88(5,6)57-26-22-54(84-4)23-27-57)64(87-70)41-65(80)73-43-48-16-10-9-15-47(48)35-53(73)44-79/h9-10,15-30,36-37,40,45,53,59-60,64,66,71-72,77-79H,7-8,11-14,31-35,38-39,41-44H2,1-6H3/t45-,53+,59?,60?,64+,66-,70+/m1/s1. The average molecular weight is 1210 g/mol. The van der Waals surface area contributed by atoms with E-state index in [0.29, 0.717) is 111 Å². The first kappa shape index (κ1) is 62.2. The topological polar surface area (TPSA) is 203 Å². The lowest BCUT2D eigenvalue weighted by Crippen LogP contribution is -2.52. The molecule has 1 fully saturated rings. The third-order valence-corrected chi connectivity index (χ3v) is 23.3. The number of nitrogens with one attached hydrogen (secondary N) is 2. The van der Waals surface area contributed by atoms with Crippen LogP contribution < -0.4 is 44.7 Å². The number of hydrogen-bond acceptors (Lipinski definition) is 13. The first-order valence-electron chi connectivity index (χ1n) is 31.4. The van der Waals surface area contributed by atoms with Gasteiger partial charge in [-0.1, -0.05) is 73.7 Å². The Kier molecular flexibility index (Phi) is 18.9. The molecule has 1 saturated heterocycles. The van der Waals surface area contributed by atoms with Crippen LogP contribution in [0.25, 0.3) is 0 Å². The zero-order chi connectivity index (χ0) is 61.9. The minimum Gasteiger partial charge on any atom is -0.497 e.